The number of hydrogen-bond donors (Lipinski definition) is 2. The number of nitrogens with one attached hydrogen (secondary N) is 2. The molecule has 1 aliphatic rings. The molecular formula is C12H21N3O2. The van der Waals surface area contributed by atoms with Gasteiger partial charge in [-0.2, -0.15) is 0 Å². The molecule has 1 heterocycles. The highest BCUT2D eigenvalue weighted by Gasteiger charge is 2.29. The van der Waals surface area contributed by atoms with Gasteiger partial charge >= 0.3 is 0 Å². The SMILES string of the molecule is C=CCN1CCNC(CC(=O)NC(C)C)C1=O. The van der Waals surface area contributed by atoms with Gasteiger partial charge < -0.3 is 15.5 Å². The average Bonchev–Trinajstić information content (AvgIpc) is 2.23. The fourth-order valence-electron chi connectivity index (χ4n) is 1.85. The molecule has 5 nitrogen and oxygen atoms in total. The van der Waals surface area contributed by atoms with E-state index in [1.165, 1.54) is 0 Å². The summed E-state index contributed by atoms with van der Waals surface area (Å²) in [5, 5.41) is 5.86. The zero-order chi connectivity index (χ0) is 12.8. The van der Waals surface area contributed by atoms with E-state index >= 15 is 0 Å². The van der Waals surface area contributed by atoms with Gasteiger partial charge in [0.25, 0.3) is 0 Å². The van der Waals surface area contributed by atoms with Crippen molar-refractivity contribution in [3.63, 3.8) is 0 Å². The highest BCUT2D eigenvalue weighted by atomic mass is 16.2. The molecule has 1 fully saturated rings. The third-order valence-electron chi connectivity index (χ3n) is 2.57. The zero-order valence-corrected chi connectivity index (χ0v) is 10.5. The summed E-state index contributed by atoms with van der Waals surface area (Å²) in [6, 6.07) is -0.298. The lowest BCUT2D eigenvalue weighted by atomic mass is 10.1. The molecule has 0 spiro atoms. The molecule has 1 unspecified atom stereocenters. The predicted octanol–water partition coefficient (Wildman–Crippen LogP) is -0.112. The lowest BCUT2D eigenvalue weighted by Gasteiger charge is -2.32. The van der Waals surface area contributed by atoms with Crippen LogP contribution in [0.15, 0.2) is 12.7 Å². The Balaban J connectivity index is 2.50. The van der Waals surface area contributed by atoms with Crippen molar-refractivity contribution in [3.05, 3.63) is 12.7 Å². The van der Waals surface area contributed by atoms with Crippen LogP contribution in [0.4, 0.5) is 0 Å². The first-order valence-corrected chi connectivity index (χ1v) is 5.97. The molecule has 17 heavy (non-hydrogen) atoms. The molecule has 1 rings (SSSR count). The third-order valence-corrected chi connectivity index (χ3v) is 2.57. The van der Waals surface area contributed by atoms with E-state index in [4.69, 9.17) is 0 Å². The van der Waals surface area contributed by atoms with E-state index in [1.807, 2.05) is 13.8 Å². The first kappa shape index (κ1) is 13.7. The molecule has 1 saturated heterocycles. The number of carbonyl (C=O) groups excluding carboxylic acids is 2. The molecule has 0 bridgehead atoms. The maximum Gasteiger partial charge on any atom is 0.240 e. The Morgan fingerprint density at radius 2 is 2.41 bits per heavy atom. The van der Waals surface area contributed by atoms with Crippen LogP contribution in [0.3, 0.4) is 0 Å². The Hall–Kier alpha value is -1.36. The van der Waals surface area contributed by atoms with Crippen LogP contribution in [-0.2, 0) is 9.59 Å². The zero-order valence-electron chi connectivity index (χ0n) is 10.5. The van der Waals surface area contributed by atoms with Gasteiger partial charge in [0.2, 0.25) is 11.8 Å². The highest BCUT2D eigenvalue weighted by molar-refractivity contribution is 5.89. The van der Waals surface area contributed by atoms with Crippen molar-refractivity contribution in [3.8, 4) is 0 Å². The standard InChI is InChI=1S/C12H21N3O2/c1-4-6-15-7-5-13-10(12(15)17)8-11(16)14-9(2)3/h4,9-10,13H,1,5-8H2,2-3H3,(H,14,16). The minimum atomic E-state index is -0.401. The second kappa shape index (κ2) is 6.39. The molecule has 1 aliphatic heterocycles. The van der Waals surface area contributed by atoms with E-state index in [0.29, 0.717) is 13.1 Å². The van der Waals surface area contributed by atoms with Gasteiger partial charge in [-0.3, -0.25) is 9.59 Å². The van der Waals surface area contributed by atoms with Crippen molar-refractivity contribution in [2.24, 2.45) is 0 Å². The lowest BCUT2D eigenvalue weighted by Crippen LogP contribution is -2.56. The molecule has 0 aromatic rings. The number of nitrogens with zero attached hydrogens (tertiary/aromatic N) is 1. The highest BCUT2D eigenvalue weighted by Crippen LogP contribution is 2.05. The summed E-state index contributed by atoms with van der Waals surface area (Å²) in [7, 11) is 0. The Kier molecular flexibility index (Phi) is 5.15. The fraction of sp³-hybridized carbons (Fsp3) is 0.667. The van der Waals surface area contributed by atoms with Crippen molar-refractivity contribution < 1.29 is 9.59 Å². The molecule has 5 heteroatoms. The minimum Gasteiger partial charge on any atom is -0.354 e. The van der Waals surface area contributed by atoms with Gasteiger partial charge in [0.05, 0.1) is 12.5 Å². The smallest absolute Gasteiger partial charge is 0.240 e. The molecule has 0 aromatic heterocycles. The van der Waals surface area contributed by atoms with Gasteiger partial charge in [0, 0.05) is 25.7 Å². The number of piperazine rings is 1. The second-order valence-electron chi connectivity index (χ2n) is 4.51. The molecule has 0 aliphatic carbocycles. The monoisotopic (exact) mass is 239 g/mol. The Morgan fingerprint density at radius 1 is 1.71 bits per heavy atom. The largest absolute Gasteiger partial charge is 0.354 e. The Morgan fingerprint density at radius 3 is 3.00 bits per heavy atom. The van der Waals surface area contributed by atoms with Gasteiger partial charge in [-0.1, -0.05) is 6.08 Å². The van der Waals surface area contributed by atoms with Crippen LogP contribution in [0, 0.1) is 0 Å². The van der Waals surface area contributed by atoms with Gasteiger partial charge in [0.1, 0.15) is 0 Å². The van der Waals surface area contributed by atoms with E-state index in [-0.39, 0.29) is 24.3 Å². The fourth-order valence-corrected chi connectivity index (χ4v) is 1.85. The average molecular weight is 239 g/mol. The Labute approximate surface area is 102 Å². The molecular weight excluding hydrogens is 218 g/mol. The van der Waals surface area contributed by atoms with Crippen molar-refractivity contribution in [1.29, 1.82) is 0 Å². The van der Waals surface area contributed by atoms with Crippen molar-refractivity contribution in [2.75, 3.05) is 19.6 Å². The maximum absolute atomic E-state index is 12.0. The van der Waals surface area contributed by atoms with E-state index in [9.17, 15) is 9.59 Å². The van der Waals surface area contributed by atoms with Crippen LogP contribution in [0.2, 0.25) is 0 Å². The Bertz CT molecular complexity index is 302. The molecule has 0 saturated carbocycles. The molecule has 2 amide bonds. The molecule has 2 N–H and O–H groups in total. The summed E-state index contributed by atoms with van der Waals surface area (Å²) in [4.78, 5) is 25.3. The summed E-state index contributed by atoms with van der Waals surface area (Å²) in [5.74, 6) is -0.110. The molecule has 0 aromatic carbocycles. The number of amides is 2. The van der Waals surface area contributed by atoms with Gasteiger partial charge in [0.15, 0.2) is 0 Å². The van der Waals surface area contributed by atoms with Crippen LogP contribution in [0.5, 0.6) is 0 Å². The van der Waals surface area contributed by atoms with E-state index in [2.05, 4.69) is 17.2 Å². The van der Waals surface area contributed by atoms with Crippen LogP contribution < -0.4 is 10.6 Å². The summed E-state index contributed by atoms with van der Waals surface area (Å²) in [6.07, 6.45) is 1.90. The molecule has 96 valence electrons. The second-order valence-corrected chi connectivity index (χ2v) is 4.51. The van der Waals surface area contributed by atoms with Gasteiger partial charge in [-0.25, -0.2) is 0 Å². The van der Waals surface area contributed by atoms with Crippen LogP contribution in [0.25, 0.3) is 0 Å². The number of carbonyl (C=O) groups is 2. The summed E-state index contributed by atoms with van der Waals surface area (Å²) < 4.78 is 0. The van der Waals surface area contributed by atoms with Crippen LogP contribution in [-0.4, -0.2) is 48.4 Å². The van der Waals surface area contributed by atoms with E-state index in [0.717, 1.165) is 6.54 Å². The maximum atomic E-state index is 12.0. The van der Waals surface area contributed by atoms with E-state index in [1.54, 1.807) is 11.0 Å². The topological polar surface area (TPSA) is 61.4 Å². The third kappa shape index (κ3) is 4.19. The van der Waals surface area contributed by atoms with Gasteiger partial charge in [-0.05, 0) is 13.8 Å². The van der Waals surface area contributed by atoms with Crippen molar-refractivity contribution in [2.45, 2.75) is 32.4 Å². The van der Waals surface area contributed by atoms with Gasteiger partial charge in [-0.15, -0.1) is 6.58 Å². The quantitative estimate of drug-likeness (QED) is 0.658. The predicted molar refractivity (Wildman–Crippen MR) is 66.5 cm³/mol. The first-order chi connectivity index (χ1) is 8.04. The first-order valence-electron chi connectivity index (χ1n) is 5.97. The summed E-state index contributed by atoms with van der Waals surface area (Å²) in [6.45, 7) is 9.36. The van der Waals surface area contributed by atoms with Crippen molar-refractivity contribution >= 4 is 11.8 Å². The normalized spacial score (nSPS) is 20.5. The minimum absolute atomic E-state index is 0.0185. The lowest BCUT2D eigenvalue weighted by molar-refractivity contribution is -0.137. The summed E-state index contributed by atoms with van der Waals surface area (Å²) in [5.41, 5.74) is 0. The number of rotatable bonds is 5. The number of hydrogen-bond acceptors (Lipinski definition) is 3. The van der Waals surface area contributed by atoms with Crippen LogP contribution in [0.1, 0.15) is 20.3 Å². The molecule has 0 radical (unpaired) electrons. The molecule has 1 atom stereocenters. The summed E-state index contributed by atoms with van der Waals surface area (Å²) >= 11 is 0. The van der Waals surface area contributed by atoms with Crippen molar-refractivity contribution in [1.82, 2.24) is 15.5 Å². The van der Waals surface area contributed by atoms with Crippen LogP contribution >= 0.6 is 0 Å². The van der Waals surface area contributed by atoms with E-state index < -0.39 is 6.04 Å².